The van der Waals surface area contributed by atoms with Crippen molar-refractivity contribution in [1.29, 1.82) is 0 Å². The lowest BCUT2D eigenvalue weighted by molar-refractivity contribution is -1.01. The summed E-state index contributed by atoms with van der Waals surface area (Å²) in [6.45, 7) is 0. The standard InChI is InChI=1S/C25H18F3N3O3/c26-25(27,28)23(33)34-31(16-21(22(29)32)30-17-31)24(18-10-4-1-5-11-18,19-12-6-2-7-13-19)20-14-8-3-9-15-20/h1-17H,(H-,29,32)/p+1. The lowest BCUT2D eigenvalue weighted by Gasteiger charge is -2.44. The number of alkyl halides is 3. The molecule has 0 spiro atoms. The van der Waals surface area contributed by atoms with Gasteiger partial charge >= 0.3 is 12.1 Å². The van der Waals surface area contributed by atoms with Crippen molar-refractivity contribution >= 4 is 18.2 Å². The summed E-state index contributed by atoms with van der Waals surface area (Å²) in [5.74, 6) is -3.43. The quantitative estimate of drug-likeness (QED) is 0.437. The van der Waals surface area contributed by atoms with E-state index in [1.807, 2.05) is 0 Å². The highest BCUT2D eigenvalue weighted by Gasteiger charge is 2.62. The van der Waals surface area contributed by atoms with Gasteiger partial charge in [0.25, 0.3) is 5.91 Å². The predicted molar refractivity (Wildman–Crippen MR) is 117 cm³/mol. The van der Waals surface area contributed by atoms with Gasteiger partial charge in [-0.25, -0.2) is 4.79 Å². The smallest absolute Gasteiger partial charge is 0.364 e. The zero-order valence-electron chi connectivity index (χ0n) is 17.6. The van der Waals surface area contributed by atoms with E-state index in [4.69, 9.17) is 10.6 Å². The first-order valence-electron chi connectivity index (χ1n) is 10.1. The van der Waals surface area contributed by atoms with Crippen LogP contribution in [0.4, 0.5) is 13.2 Å². The van der Waals surface area contributed by atoms with Crippen LogP contribution >= 0.6 is 0 Å². The maximum atomic E-state index is 13.5. The van der Waals surface area contributed by atoms with Crippen molar-refractivity contribution < 1.29 is 32.2 Å². The number of primary amides is 1. The second kappa shape index (κ2) is 8.60. The molecule has 2 N–H and O–H groups in total. The molecule has 1 aliphatic rings. The summed E-state index contributed by atoms with van der Waals surface area (Å²) < 4.78 is 39.2. The Morgan fingerprint density at radius 2 is 1.18 bits per heavy atom. The number of hydrogen-bond donors (Lipinski definition) is 1. The fourth-order valence-electron chi connectivity index (χ4n) is 4.16. The highest BCUT2D eigenvalue weighted by Crippen LogP contribution is 2.49. The number of benzene rings is 3. The van der Waals surface area contributed by atoms with Crippen LogP contribution in [0.1, 0.15) is 16.7 Å². The number of nitrogens with zero attached hydrogens (tertiary/aromatic N) is 2. The molecule has 1 amide bonds. The van der Waals surface area contributed by atoms with Crippen LogP contribution in [0.5, 0.6) is 0 Å². The van der Waals surface area contributed by atoms with E-state index in [2.05, 4.69) is 4.99 Å². The zero-order chi connectivity index (χ0) is 24.4. The number of amides is 1. The van der Waals surface area contributed by atoms with Crippen LogP contribution in [0.25, 0.3) is 0 Å². The molecule has 0 saturated carbocycles. The summed E-state index contributed by atoms with van der Waals surface area (Å²) in [5.41, 5.74) is 4.88. The molecule has 3 aromatic rings. The second-order valence-corrected chi connectivity index (χ2v) is 7.52. The first-order chi connectivity index (χ1) is 16.2. The fourth-order valence-corrected chi connectivity index (χ4v) is 4.16. The van der Waals surface area contributed by atoms with Gasteiger partial charge in [-0.3, -0.25) is 9.63 Å². The van der Waals surface area contributed by atoms with Gasteiger partial charge in [0.2, 0.25) is 11.9 Å². The number of quaternary nitrogens is 1. The monoisotopic (exact) mass is 466 g/mol. The summed E-state index contributed by atoms with van der Waals surface area (Å²) in [4.78, 5) is 33.4. The number of carbonyl (C=O) groups is 2. The van der Waals surface area contributed by atoms with Crippen molar-refractivity contribution in [2.24, 2.45) is 10.7 Å². The van der Waals surface area contributed by atoms with Crippen molar-refractivity contribution in [1.82, 2.24) is 0 Å². The topological polar surface area (TPSA) is 81.8 Å². The summed E-state index contributed by atoms with van der Waals surface area (Å²) in [6, 6.07) is 25.7. The van der Waals surface area contributed by atoms with E-state index in [1.54, 1.807) is 91.0 Å². The van der Waals surface area contributed by atoms with E-state index in [9.17, 15) is 22.8 Å². The molecule has 0 aromatic heterocycles. The van der Waals surface area contributed by atoms with Gasteiger partial charge < -0.3 is 5.73 Å². The Hall–Kier alpha value is -4.24. The van der Waals surface area contributed by atoms with Crippen LogP contribution in [0.15, 0.2) is 108 Å². The molecule has 0 bridgehead atoms. The Balaban J connectivity index is 2.16. The Morgan fingerprint density at radius 3 is 1.50 bits per heavy atom. The molecule has 0 saturated heterocycles. The Kier molecular flexibility index (Phi) is 5.80. The minimum absolute atomic E-state index is 0.345. The molecule has 1 atom stereocenters. The summed E-state index contributed by atoms with van der Waals surface area (Å²) in [6.07, 6.45) is -3.30. The van der Waals surface area contributed by atoms with E-state index in [-0.39, 0.29) is 5.70 Å². The number of hydroxylamine groups is 3. The number of carbonyl (C=O) groups excluding carboxylic acids is 2. The van der Waals surface area contributed by atoms with Crippen molar-refractivity contribution in [3.05, 3.63) is 120 Å². The van der Waals surface area contributed by atoms with Gasteiger partial charge in [0.1, 0.15) is 0 Å². The second-order valence-electron chi connectivity index (χ2n) is 7.52. The van der Waals surface area contributed by atoms with Crippen molar-refractivity contribution in [2.75, 3.05) is 0 Å². The number of halogens is 3. The van der Waals surface area contributed by atoms with Crippen LogP contribution in [0.2, 0.25) is 0 Å². The van der Waals surface area contributed by atoms with Crippen LogP contribution in [0.3, 0.4) is 0 Å². The third kappa shape index (κ3) is 3.75. The Morgan fingerprint density at radius 1 is 0.765 bits per heavy atom. The van der Waals surface area contributed by atoms with Crippen LogP contribution in [-0.2, 0) is 20.0 Å². The van der Waals surface area contributed by atoms with Gasteiger partial charge in [-0.05, 0) is 4.65 Å². The van der Waals surface area contributed by atoms with Gasteiger partial charge in [0.05, 0.1) is 0 Å². The first-order valence-corrected chi connectivity index (χ1v) is 10.1. The number of rotatable bonds is 6. The molecule has 172 valence electrons. The van der Waals surface area contributed by atoms with Crippen molar-refractivity contribution in [3.63, 3.8) is 0 Å². The molecule has 9 heteroatoms. The van der Waals surface area contributed by atoms with Crippen molar-refractivity contribution in [3.8, 4) is 0 Å². The molecule has 0 aliphatic carbocycles. The van der Waals surface area contributed by atoms with E-state index >= 15 is 0 Å². The average Bonchev–Trinajstić information content (AvgIpc) is 3.27. The van der Waals surface area contributed by atoms with Gasteiger partial charge in [0.15, 0.2) is 11.9 Å². The molecule has 4 rings (SSSR count). The zero-order valence-corrected chi connectivity index (χ0v) is 17.6. The Labute approximate surface area is 192 Å². The van der Waals surface area contributed by atoms with Crippen LogP contribution in [-0.4, -0.2) is 29.0 Å². The third-order valence-electron chi connectivity index (χ3n) is 5.50. The van der Waals surface area contributed by atoms with E-state index in [0.717, 1.165) is 12.5 Å². The van der Waals surface area contributed by atoms with Gasteiger partial charge in [-0.2, -0.15) is 18.2 Å². The highest BCUT2D eigenvalue weighted by atomic mass is 19.4. The number of hydrogen-bond acceptors (Lipinski definition) is 4. The largest absolute Gasteiger partial charge is 0.497 e. The minimum Gasteiger partial charge on any atom is -0.364 e. The van der Waals surface area contributed by atoms with Gasteiger partial charge in [-0.15, -0.1) is 0 Å². The molecular weight excluding hydrogens is 447 g/mol. The molecule has 34 heavy (non-hydrogen) atoms. The lowest BCUT2D eigenvalue weighted by atomic mass is 9.75. The van der Waals surface area contributed by atoms with E-state index in [0.29, 0.717) is 16.7 Å². The number of aliphatic imine (C=N–C) groups is 1. The van der Waals surface area contributed by atoms with Crippen LogP contribution < -0.4 is 5.73 Å². The van der Waals surface area contributed by atoms with E-state index in [1.165, 1.54) is 0 Å². The highest BCUT2D eigenvalue weighted by molar-refractivity contribution is 5.93. The molecule has 6 nitrogen and oxygen atoms in total. The number of nitrogens with two attached hydrogens (primary N) is 1. The molecular formula is C25H19F3N3O3+. The van der Waals surface area contributed by atoms with Crippen LogP contribution in [0, 0.1) is 0 Å². The summed E-state index contributed by atoms with van der Waals surface area (Å²) in [5, 5.41) is 0. The van der Waals surface area contributed by atoms with Crippen molar-refractivity contribution in [2.45, 2.75) is 11.7 Å². The fraction of sp³-hybridized carbons (Fsp3) is 0.0800. The summed E-state index contributed by atoms with van der Waals surface area (Å²) >= 11 is 0. The molecule has 0 fully saturated rings. The van der Waals surface area contributed by atoms with Gasteiger partial charge in [-0.1, -0.05) is 91.0 Å². The normalized spacial score (nSPS) is 17.8. The molecule has 1 heterocycles. The maximum Gasteiger partial charge on any atom is 0.497 e. The minimum atomic E-state index is -5.31. The Bertz CT molecular complexity index is 1160. The maximum absolute atomic E-state index is 13.5. The SMILES string of the molecule is NC(=O)C1=C[N+](OC(=O)C(F)(F)F)(C(c2ccccc2)(c2ccccc2)c2ccccc2)C=N1. The molecule has 1 aliphatic heterocycles. The lowest BCUT2D eigenvalue weighted by Crippen LogP contribution is -2.60. The molecule has 1 unspecified atom stereocenters. The van der Waals surface area contributed by atoms with E-state index < -0.39 is 28.2 Å². The summed E-state index contributed by atoms with van der Waals surface area (Å²) in [7, 11) is 0. The van der Waals surface area contributed by atoms with Gasteiger partial charge in [0, 0.05) is 16.7 Å². The average molecular weight is 466 g/mol. The third-order valence-corrected chi connectivity index (χ3v) is 5.50. The molecule has 3 aromatic carbocycles. The first kappa shape index (κ1) is 22.9. The molecule has 0 radical (unpaired) electrons. The predicted octanol–water partition coefficient (Wildman–Crippen LogP) is 4.18.